The number of amides is 2. The zero-order valence-corrected chi connectivity index (χ0v) is 17.6. The van der Waals surface area contributed by atoms with E-state index in [9.17, 15) is 9.59 Å². The van der Waals surface area contributed by atoms with Gasteiger partial charge < -0.3 is 10.6 Å². The summed E-state index contributed by atoms with van der Waals surface area (Å²) >= 11 is 1.64. The number of carbonyl (C=O) groups is 2. The van der Waals surface area contributed by atoms with Gasteiger partial charge in [0.05, 0.1) is 17.2 Å². The Morgan fingerprint density at radius 2 is 2.18 bits per heavy atom. The predicted octanol–water partition coefficient (Wildman–Crippen LogP) is 2.38. The van der Waals surface area contributed by atoms with Crippen LogP contribution >= 0.6 is 11.3 Å². The van der Waals surface area contributed by atoms with Crippen molar-refractivity contribution in [2.24, 2.45) is 5.92 Å². The zero-order chi connectivity index (χ0) is 20.1. The Bertz CT molecular complexity index is 831. The Labute approximate surface area is 170 Å². The van der Waals surface area contributed by atoms with Gasteiger partial charge in [-0.05, 0) is 30.0 Å². The summed E-state index contributed by atoms with van der Waals surface area (Å²) in [6, 6.07) is 4.25. The van der Waals surface area contributed by atoms with E-state index in [-0.39, 0.29) is 17.7 Å². The molecule has 0 aromatic carbocycles. The summed E-state index contributed by atoms with van der Waals surface area (Å²) in [4.78, 5) is 32.3. The van der Waals surface area contributed by atoms with Crippen molar-refractivity contribution in [1.29, 1.82) is 0 Å². The summed E-state index contributed by atoms with van der Waals surface area (Å²) in [7, 11) is 1.61. The summed E-state index contributed by atoms with van der Waals surface area (Å²) in [6.45, 7) is 6.87. The van der Waals surface area contributed by atoms with Gasteiger partial charge in [0.15, 0.2) is 0 Å². The lowest BCUT2D eigenvalue weighted by Crippen LogP contribution is -2.36. The van der Waals surface area contributed by atoms with E-state index in [4.69, 9.17) is 0 Å². The molecule has 2 amide bonds. The molecular formula is C21H28N4O2S. The number of nitrogens with zero attached hydrogens (tertiary/aromatic N) is 2. The van der Waals surface area contributed by atoms with Gasteiger partial charge in [-0.2, -0.15) is 0 Å². The van der Waals surface area contributed by atoms with Crippen LogP contribution in [0.1, 0.15) is 45.9 Å². The number of carbonyl (C=O) groups excluding carboxylic acids is 2. The lowest BCUT2D eigenvalue weighted by molar-refractivity contribution is -0.123. The summed E-state index contributed by atoms with van der Waals surface area (Å²) in [6.07, 6.45) is 3.82. The van der Waals surface area contributed by atoms with Gasteiger partial charge >= 0.3 is 0 Å². The maximum absolute atomic E-state index is 12.6. The quantitative estimate of drug-likeness (QED) is 0.748. The van der Waals surface area contributed by atoms with Gasteiger partial charge in [0.2, 0.25) is 5.91 Å². The molecule has 2 aromatic heterocycles. The Kier molecular flexibility index (Phi) is 6.80. The van der Waals surface area contributed by atoms with Crippen LogP contribution in [-0.4, -0.2) is 41.8 Å². The number of hydrogen-bond acceptors (Lipinski definition) is 5. The first-order valence-electron chi connectivity index (χ1n) is 9.77. The Balaban J connectivity index is 1.59. The number of nitrogens with one attached hydrogen (secondary N) is 2. The lowest BCUT2D eigenvalue weighted by Gasteiger charge is -2.27. The fourth-order valence-electron chi connectivity index (χ4n) is 3.37. The van der Waals surface area contributed by atoms with E-state index in [1.165, 1.54) is 10.4 Å². The highest BCUT2D eigenvalue weighted by Gasteiger charge is 2.24. The molecule has 0 aliphatic carbocycles. The monoisotopic (exact) mass is 400 g/mol. The number of rotatable bonds is 7. The van der Waals surface area contributed by atoms with Crippen molar-refractivity contribution in [3.63, 3.8) is 0 Å². The number of aryl methyl sites for hydroxylation is 1. The van der Waals surface area contributed by atoms with E-state index in [0.29, 0.717) is 6.54 Å². The molecule has 0 fully saturated rings. The van der Waals surface area contributed by atoms with Gasteiger partial charge in [0.25, 0.3) is 5.91 Å². The third-order valence-electron chi connectivity index (χ3n) is 5.21. The van der Waals surface area contributed by atoms with E-state index >= 15 is 0 Å². The average Bonchev–Trinajstić information content (AvgIpc) is 3.15. The highest BCUT2D eigenvalue weighted by Crippen LogP contribution is 2.29. The normalized spacial score (nSPS) is 15.0. The second kappa shape index (κ2) is 9.30. The number of thiophene rings is 1. The zero-order valence-electron chi connectivity index (χ0n) is 16.7. The second-order valence-corrected chi connectivity index (χ2v) is 8.21. The number of pyridine rings is 1. The molecule has 28 heavy (non-hydrogen) atoms. The van der Waals surface area contributed by atoms with Gasteiger partial charge in [-0.1, -0.05) is 19.9 Å². The van der Waals surface area contributed by atoms with Gasteiger partial charge in [0, 0.05) is 49.7 Å². The van der Waals surface area contributed by atoms with Crippen molar-refractivity contribution in [2.75, 3.05) is 20.1 Å². The van der Waals surface area contributed by atoms with E-state index < -0.39 is 0 Å². The highest BCUT2D eigenvalue weighted by molar-refractivity contribution is 7.10. The molecule has 150 valence electrons. The van der Waals surface area contributed by atoms with Crippen LogP contribution < -0.4 is 10.6 Å². The third-order valence-corrected chi connectivity index (χ3v) is 6.23. The summed E-state index contributed by atoms with van der Waals surface area (Å²) < 4.78 is 0. The van der Waals surface area contributed by atoms with Gasteiger partial charge in [0.1, 0.15) is 0 Å². The lowest BCUT2D eigenvalue weighted by atomic mass is 10.0. The number of fused-ring (bicyclic) bond motifs is 1. The van der Waals surface area contributed by atoms with Crippen molar-refractivity contribution in [1.82, 2.24) is 20.5 Å². The minimum Gasteiger partial charge on any atom is -0.359 e. The molecule has 2 aromatic rings. The minimum atomic E-state index is -0.245. The third kappa shape index (κ3) is 4.77. The van der Waals surface area contributed by atoms with Crippen molar-refractivity contribution in [2.45, 2.75) is 39.8 Å². The Morgan fingerprint density at radius 1 is 1.36 bits per heavy atom. The van der Waals surface area contributed by atoms with Crippen molar-refractivity contribution >= 4 is 23.2 Å². The molecule has 3 heterocycles. The van der Waals surface area contributed by atoms with Crippen molar-refractivity contribution in [3.05, 3.63) is 51.0 Å². The molecule has 0 spiro atoms. The van der Waals surface area contributed by atoms with E-state index in [1.54, 1.807) is 25.3 Å². The molecule has 1 aliphatic rings. The molecule has 0 saturated carbocycles. The maximum Gasteiger partial charge on any atom is 0.252 e. The van der Waals surface area contributed by atoms with Crippen LogP contribution in [0.2, 0.25) is 0 Å². The first-order valence-corrected chi connectivity index (χ1v) is 10.6. The van der Waals surface area contributed by atoms with Gasteiger partial charge in [-0.15, -0.1) is 11.3 Å². The predicted molar refractivity (Wildman–Crippen MR) is 111 cm³/mol. The molecule has 3 rings (SSSR count). The molecule has 0 bridgehead atoms. The first kappa shape index (κ1) is 20.5. The molecular weight excluding hydrogens is 372 g/mol. The van der Waals surface area contributed by atoms with Crippen LogP contribution in [-0.2, 0) is 30.7 Å². The maximum atomic E-state index is 12.6. The summed E-state index contributed by atoms with van der Waals surface area (Å²) in [5.74, 6) is -0.395. The standard InChI is InChI=1S/C21H28N4O2S/c1-4-15-5-6-16(23-10-15)11-25-8-7-17-18(13-28-19(17)12-25)21(27)24-9-14(2)20(26)22-3/h5-6,10,13-14H,4,7-9,11-12H2,1-3H3,(H,22,26)(H,24,27)/t14-/m0/s1. The van der Waals surface area contributed by atoms with Crippen LogP contribution in [0.4, 0.5) is 0 Å². The van der Waals surface area contributed by atoms with Crippen molar-refractivity contribution < 1.29 is 9.59 Å². The first-order chi connectivity index (χ1) is 13.5. The highest BCUT2D eigenvalue weighted by atomic mass is 32.1. The van der Waals surface area contributed by atoms with E-state index in [0.717, 1.165) is 49.3 Å². The molecule has 0 radical (unpaired) electrons. The van der Waals surface area contributed by atoms with E-state index in [2.05, 4.69) is 39.6 Å². The van der Waals surface area contributed by atoms with Crippen LogP contribution in [0.15, 0.2) is 23.7 Å². The molecule has 7 heteroatoms. The van der Waals surface area contributed by atoms with Crippen LogP contribution in [0, 0.1) is 5.92 Å². The minimum absolute atomic E-state index is 0.0659. The van der Waals surface area contributed by atoms with Crippen LogP contribution in [0.3, 0.4) is 0 Å². The molecule has 6 nitrogen and oxygen atoms in total. The van der Waals surface area contributed by atoms with Crippen molar-refractivity contribution in [3.8, 4) is 0 Å². The summed E-state index contributed by atoms with van der Waals surface area (Å²) in [5, 5.41) is 7.45. The van der Waals surface area contributed by atoms with Gasteiger partial charge in [-0.3, -0.25) is 19.5 Å². The Hall–Kier alpha value is -2.25. The SMILES string of the molecule is CCc1ccc(CN2CCc3c(C(=O)NC[C@H](C)C(=O)NC)csc3C2)nc1. The second-order valence-electron chi connectivity index (χ2n) is 7.25. The molecule has 1 atom stereocenters. The summed E-state index contributed by atoms with van der Waals surface area (Å²) in [5.41, 5.74) is 4.25. The van der Waals surface area contributed by atoms with Gasteiger partial charge in [-0.25, -0.2) is 0 Å². The fraction of sp³-hybridized carbons (Fsp3) is 0.476. The number of hydrogen-bond donors (Lipinski definition) is 2. The molecule has 2 N–H and O–H groups in total. The smallest absolute Gasteiger partial charge is 0.252 e. The Morgan fingerprint density at radius 3 is 2.86 bits per heavy atom. The topological polar surface area (TPSA) is 74.3 Å². The van der Waals surface area contributed by atoms with Crippen LogP contribution in [0.5, 0.6) is 0 Å². The molecule has 0 saturated heterocycles. The number of aromatic nitrogens is 1. The molecule has 0 unspecified atom stereocenters. The average molecular weight is 401 g/mol. The fourth-order valence-corrected chi connectivity index (χ4v) is 4.49. The molecule has 1 aliphatic heterocycles. The largest absolute Gasteiger partial charge is 0.359 e. The van der Waals surface area contributed by atoms with E-state index in [1.807, 2.05) is 11.6 Å². The van der Waals surface area contributed by atoms with Crippen LogP contribution in [0.25, 0.3) is 0 Å².